The third-order valence-corrected chi connectivity index (χ3v) is 4.98. The van der Waals surface area contributed by atoms with Gasteiger partial charge in [-0.15, -0.1) is 0 Å². The van der Waals surface area contributed by atoms with Crippen molar-refractivity contribution in [3.63, 3.8) is 0 Å². The van der Waals surface area contributed by atoms with Crippen LogP contribution in [0, 0.1) is 0 Å². The number of anilines is 2. The summed E-state index contributed by atoms with van der Waals surface area (Å²) in [4.78, 5) is 6.77. The predicted octanol–water partition coefficient (Wildman–Crippen LogP) is 5.21. The first kappa shape index (κ1) is 16.8. The highest BCUT2D eigenvalue weighted by Gasteiger charge is 2.13. The Morgan fingerprint density at radius 3 is 2.65 bits per heavy atom. The monoisotopic (exact) mass is 344 g/mol. The zero-order chi connectivity index (χ0) is 17.8. The Labute approximate surface area is 154 Å². The number of nitrogens with zero attached hydrogens (tertiary/aromatic N) is 2. The molecule has 26 heavy (non-hydrogen) atoms. The van der Waals surface area contributed by atoms with Crippen molar-refractivity contribution in [2.75, 3.05) is 25.1 Å². The van der Waals surface area contributed by atoms with Gasteiger partial charge in [0.25, 0.3) is 0 Å². The number of hydrogen-bond acceptors (Lipinski definition) is 3. The zero-order valence-electron chi connectivity index (χ0n) is 15.1. The van der Waals surface area contributed by atoms with Gasteiger partial charge in [-0.2, -0.15) is 0 Å². The van der Waals surface area contributed by atoms with E-state index in [-0.39, 0.29) is 0 Å². The summed E-state index contributed by atoms with van der Waals surface area (Å²) in [6.07, 6.45) is 4.55. The molecule has 0 N–H and O–H groups in total. The second-order valence-corrected chi connectivity index (χ2v) is 6.78. The highest BCUT2D eigenvalue weighted by Crippen LogP contribution is 2.30. The molecule has 0 aromatic heterocycles. The summed E-state index contributed by atoms with van der Waals surface area (Å²) < 4.78 is 5.61. The summed E-state index contributed by atoms with van der Waals surface area (Å²) in [5.41, 5.74) is 3.50. The van der Waals surface area contributed by atoms with E-state index in [0.717, 1.165) is 37.2 Å². The van der Waals surface area contributed by atoms with E-state index in [1.54, 1.807) is 0 Å². The van der Waals surface area contributed by atoms with E-state index in [9.17, 15) is 0 Å². The molecule has 3 nitrogen and oxygen atoms in total. The number of hydrogen-bond donors (Lipinski definition) is 0. The highest BCUT2D eigenvalue weighted by atomic mass is 16.5. The minimum absolute atomic E-state index is 0.308. The summed E-state index contributed by atoms with van der Waals surface area (Å²) in [5, 5.41) is 2.52. The number of ether oxygens (including phenoxy) is 1. The molecular formula is C23H24N2O. The molecule has 1 saturated heterocycles. The molecule has 132 valence electrons. The summed E-state index contributed by atoms with van der Waals surface area (Å²) in [6.45, 7) is 1.65. The minimum Gasteiger partial charge on any atom is -0.376 e. The lowest BCUT2D eigenvalue weighted by Gasteiger charge is -2.21. The third kappa shape index (κ3) is 3.63. The van der Waals surface area contributed by atoms with Crippen LogP contribution in [0.25, 0.3) is 10.8 Å². The number of fused-ring (bicyclic) bond motifs is 1. The van der Waals surface area contributed by atoms with Gasteiger partial charge in [-0.1, -0.05) is 48.5 Å². The number of rotatable bonds is 5. The molecule has 3 aromatic rings. The fraction of sp³-hybridized carbons (Fsp3) is 0.261. The summed E-state index contributed by atoms with van der Waals surface area (Å²) in [7, 11) is 2.11. The molecule has 0 aliphatic carbocycles. The van der Waals surface area contributed by atoms with Crippen LogP contribution in [0.3, 0.4) is 0 Å². The fourth-order valence-corrected chi connectivity index (χ4v) is 3.49. The molecule has 0 unspecified atom stereocenters. The molecule has 3 heteroatoms. The van der Waals surface area contributed by atoms with Gasteiger partial charge in [0.1, 0.15) is 0 Å². The van der Waals surface area contributed by atoms with Crippen LogP contribution >= 0.6 is 0 Å². The summed E-state index contributed by atoms with van der Waals surface area (Å²) >= 11 is 0. The van der Waals surface area contributed by atoms with Crippen LogP contribution < -0.4 is 4.90 Å². The molecule has 4 rings (SSSR count). The Balaban J connectivity index is 1.49. The lowest BCUT2D eigenvalue weighted by atomic mass is 10.1. The van der Waals surface area contributed by atoms with Crippen LogP contribution in [0.2, 0.25) is 0 Å². The Kier molecular flexibility index (Phi) is 4.98. The maximum absolute atomic E-state index is 5.61. The van der Waals surface area contributed by atoms with Gasteiger partial charge >= 0.3 is 0 Å². The molecule has 1 atom stereocenters. The quantitative estimate of drug-likeness (QED) is 0.594. The van der Waals surface area contributed by atoms with Gasteiger partial charge in [-0.3, -0.25) is 4.99 Å². The summed E-state index contributed by atoms with van der Waals surface area (Å²) in [5.74, 6) is 0. The van der Waals surface area contributed by atoms with Gasteiger partial charge in [0.05, 0.1) is 12.6 Å². The molecule has 0 spiro atoms. The van der Waals surface area contributed by atoms with E-state index in [1.807, 2.05) is 6.21 Å². The van der Waals surface area contributed by atoms with E-state index >= 15 is 0 Å². The van der Waals surface area contributed by atoms with Crippen molar-refractivity contribution in [1.82, 2.24) is 0 Å². The third-order valence-electron chi connectivity index (χ3n) is 4.98. The van der Waals surface area contributed by atoms with Crippen molar-refractivity contribution >= 4 is 28.4 Å². The lowest BCUT2D eigenvalue weighted by Crippen LogP contribution is -2.10. The first-order valence-corrected chi connectivity index (χ1v) is 9.24. The molecule has 1 fully saturated rings. The molecule has 1 aliphatic heterocycles. The molecular weight excluding hydrogens is 320 g/mol. The number of aliphatic imine (C=N–C) groups is 1. The van der Waals surface area contributed by atoms with Gasteiger partial charge in [0.15, 0.2) is 0 Å². The lowest BCUT2D eigenvalue weighted by molar-refractivity contribution is 0.118. The zero-order valence-corrected chi connectivity index (χ0v) is 15.1. The number of benzene rings is 3. The first-order valence-electron chi connectivity index (χ1n) is 9.24. The standard InChI is InChI=1S/C23H24N2O/c1-25(23-10-4-7-19-6-2-3-9-22(19)23)20-13-11-18(12-14-20)16-24-17-21-8-5-15-26-21/h2-4,6-7,9-14,16,21H,5,8,15,17H2,1H3/t21-/m0/s1. The van der Waals surface area contributed by atoms with Gasteiger partial charge < -0.3 is 9.64 Å². The molecule has 1 aliphatic rings. The average molecular weight is 344 g/mol. The molecule has 1 heterocycles. The Morgan fingerprint density at radius 1 is 1.04 bits per heavy atom. The van der Waals surface area contributed by atoms with Crippen molar-refractivity contribution in [3.8, 4) is 0 Å². The molecule has 0 amide bonds. The predicted molar refractivity (Wildman–Crippen MR) is 110 cm³/mol. The van der Waals surface area contributed by atoms with Crippen LogP contribution in [-0.4, -0.2) is 32.5 Å². The highest BCUT2D eigenvalue weighted by molar-refractivity contribution is 5.96. The Bertz CT molecular complexity index is 890. The van der Waals surface area contributed by atoms with Crippen molar-refractivity contribution in [2.24, 2.45) is 4.99 Å². The van der Waals surface area contributed by atoms with Gasteiger partial charge in [-0.05, 0) is 42.0 Å². The van der Waals surface area contributed by atoms with E-state index < -0.39 is 0 Å². The van der Waals surface area contributed by atoms with Crippen LogP contribution in [0.15, 0.2) is 71.7 Å². The van der Waals surface area contributed by atoms with Crippen LogP contribution in [0.1, 0.15) is 18.4 Å². The molecule has 0 radical (unpaired) electrons. The SMILES string of the molecule is CN(c1ccc(C=NC[C@@H]2CCCO2)cc1)c1cccc2ccccc12. The van der Waals surface area contributed by atoms with Crippen molar-refractivity contribution < 1.29 is 4.74 Å². The first-order chi connectivity index (χ1) is 12.8. The molecule has 0 bridgehead atoms. The topological polar surface area (TPSA) is 24.8 Å². The Morgan fingerprint density at radius 2 is 1.85 bits per heavy atom. The van der Waals surface area contributed by atoms with Crippen LogP contribution in [0.4, 0.5) is 11.4 Å². The van der Waals surface area contributed by atoms with Gasteiger partial charge in [-0.25, -0.2) is 0 Å². The van der Waals surface area contributed by atoms with Gasteiger partial charge in [0, 0.05) is 36.6 Å². The summed E-state index contributed by atoms with van der Waals surface area (Å²) in [6, 6.07) is 23.5. The smallest absolute Gasteiger partial charge is 0.0771 e. The maximum Gasteiger partial charge on any atom is 0.0771 e. The van der Waals surface area contributed by atoms with Crippen molar-refractivity contribution in [2.45, 2.75) is 18.9 Å². The second kappa shape index (κ2) is 7.71. The Hall–Kier alpha value is -2.65. The minimum atomic E-state index is 0.308. The average Bonchev–Trinajstić information content (AvgIpc) is 3.21. The molecule has 3 aromatic carbocycles. The molecule has 0 saturated carbocycles. The largest absolute Gasteiger partial charge is 0.376 e. The van der Waals surface area contributed by atoms with E-state index in [0.29, 0.717) is 6.10 Å². The fourth-order valence-electron chi connectivity index (χ4n) is 3.49. The van der Waals surface area contributed by atoms with Crippen LogP contribution in [-0.2, 0) is 4.74 Å². The van der Waals surface area contributed by atoms with E-state index in [4.69, 9.17) is 4.74 Å². The normalized spacial score (nSPS) is 17.2. The maximum atomic E-state index is 5.61. The van der Waals surface area contributed by atoms with E-state index in [2.05, 4.69) is 83.7 Å². The van der Waals surface area contributed by atoms with Crippen LogP contribution in [0.5, 0.6) is 0 Å². The second-order valence-electron chi connectivity index (χ2n) is 6.78. The van der Waals surface area contributed by atoms with E-state index in [1.165, 1.54) is 16.5 Å². The van der Waals surface area contributed by atoms with Crippen molar-refractivity contribution in [3.05, 3.63) is 72.3 Å². The van der Waals surface area contributed by atoms with Crippen molar-refractivity contribution in [1.29, 1.82) is 0 Å². The van der Waals surface area contributed by atoms with Gasteiger partial charge in [0.2, 0.25) is 0 Å².